The van der Waals surface area contributed by atoms with Gasteiger partial charge in [-0.05, 0) is 36.3 Å². The molecule has 4 aromatic rings. The molecular weight excluding hydrogens is 1010 g/mol. The van der Waals surface area contributed by atoms with Crippen molar-refractivity contribution in [1.82, 2.24) is 39.0 Å². The number of hydrogen-bond donors (Lipinski definition) is 4. The third-order valence-electron chi connectivity index (χ3n) is 13.2. The molecule has 29 heteroatoms. The summed E-state index contributed by atoms with van der Waals surface area (Å²) in [6, 6.07) is 0. The summed E-state index contributed by atoms with van der Waals surface area (Å²) >= 11 is 6.97. The number of amides is 2. The fourth-order valence-corrected chi connectivity index (χ4v) is 13.8. The highest BCUT2D eigenvalue weighted by Crippen LogP contribution is 2.56. The first-order valence-corrected chi connectivity index (χ1v) is 32.9. The summed E-state index contributed by atoms with van der Waals surface area (Å²) in [5.41, 5.74) is -1.33. The molecule has 4 bridgehead atoms. The first-order chi connectivity index (χ1) is 31.9. The van der Waals surface area contributed by atoms with Gasteiger partial charge in [-0.25, -0.2) is 9.97 Å². The number of aromatic amines is 2. The quantitative estimate of drug-likeness (QED) is 0.123. The number of ether oxygens (including phenoxy) is 1. The number of rotatable bonds is 10. The monoisotopic (exact) mass is 1070 g/mol. The Hall–Kier alpha value is -2.86. The largest absolute Gasteiger partial charge is 0.786 e. The van der Waals surface area contributed by atoms with Gasteiger partial charge in [-0.2, -0.15) is 9.97 Å². The highest BCUT2D eigenvalue weighted by Gasteiger charge is 2.55. The Morgan fingerprint density at radius 2 is 1.35 bits per heavy atom. The molecule has 3 aliphatic heterocycles. The van der Waals surface area contributed by atoms with E-state index in [-0.39, 0.29) is 56.8 Å². The van der Waals surface area contributed by atoms with Crippen molar-refractivity contribution in [2.24, 2.45) is 11.8 Å². The predicted octanol–water partition coefficient (Wildman–Crippen LogP) is 4.72. The van der Waals surface area contributed by atoms with E-state index in [0.717, 1.165) is 0 Å². The number of hydrogen-bond acceptors (Lipinski definition) is 19. The maximum absolute atomic E-state index is 14.8. The van der Waals surface area contributed by atoms with E-state index in [1.807, 2.05) is 47.0 Å². The van der Waals surface area contributed by atoms with E-state index in [0.29, 0.717) is 0 Å². The van der Waals surface area contributed by atoms with Gasteiger partial charge in [-0.15, -0.1) is 11.8 Å². The predicted molar refractivity (Wildman–Crippen MR) is 265 cm³/mol. The van der Waals surface area contributed by atoms with Crippen molar-refractivity contribution >= 4 is 102 Å². The second kappa shape index (κ2) is 19.9. The van der Waals surface area contributed by atoms with Gasteiger partial charge in [0.1, 0.15) is 36.5 Å². The molecule has 382 valence electrons. The lowest BCUT2D eigenvalue weighted by molar-refractivity contribution is -0.218. The van der Waals surface area contributed by atoms with Gasteiger partial charge in [-0.3, -0.25) is 48.9 Å². The van der Waals surface area contributed by atoms with Crippen LogP contribution in [0.2, 0.25) is 36.3 Å². The van der Waals surface area contributed by atoms with E-state index in [4.69, 9.17) is 43.5 Å². The Morgan fingerprint density at radius 1 is 0.855 bits per heavy atom. The second-order valence-electron chi connectivity index (χ2n) is 21.0. The molecule has 0 radical (unpaired) electrons. The van der Waals surface area contributed by atoms with Crippen molar-refractivity contribution in [3.63, 3.8) is 0 Å². The lowest BCUT2D eigenvalue weighted by atomic mass is 10.1. The van der Waals surface area contributed by atoms with Gasteiger partial charge in [0, 0.05) is 11.8 Å². The van der Waals surface area contributed by atoms with Crippen molar-refractivity contribution in [2.45, 2.75) is 153 Å². The number of imidazole rings is 2. The number of nitrogens with zero attached hydrogens (tertiary/aromatic N) is 6. The lowest BCUT2D eigenvalue weighted by Gasteiger charge is -2.43. The van der Waals surface area contributed by atoms with Crippen LogP contribution in [0.5, 0.6) is 0 Å². The number of nitrogens with one attached hydrogen (secondary N) is 4. The van der Waals surface area contributed by atoms with Crippen LogP contribution in [-0.4, -0.2) is 116 Å². The van der Waals surface area contributed by atoms with Crippen molar-refractivity contribution < 1.29 is 51.1 Å². The third kappa shape index (κ3) is 11.4. The van der Waals surface area contributed by atoms with E-state index in [1.54, 1.807) is 32.3 Å². The molecule has 69 heavy (non-hydrogen) atoms. The number of carbonyl (C=O) groups is 2. The van der Waals surface area contributed by atoms with E-state index in [9.17, 15) is 29.0 Å². The SMILES string of the molecule is CC(C)C(=O)Nc1nc2c(ncn2[C@@H]2O[C@@H]3COP([O-])(=S)O[C@@H]4[C@H](O[Si](C)(C)C(C)(C)C)[C@@H](COP([O-])O[C@@H]2[C@@H]3O[Si](C)(C)C(C)(C)C)S[C@H]4n2cnc3c(=O)[nH]c(NC(=O)C(C)C)nc32)c(=O)[nH]1. The van der Waals surface area contributed by atoms with Crippen molar-refractivity contribution in [1.29, 1.82) is 0 Å². The van der Waals surface area contributed by atoms with E-state index >= 15 is 0 Å². The Bertz CT molecular complexity index is 2740. The third-order valence-corrected chi connectivity index (χ3v) is 26.0. The van der Waals surface area contributed by atoms with Crippen LogP contribution in [-0.2, 0) is 53.1 Å². The zero-order valence-electron chi connectivity index (χ0n) is 41.0. The van der Waals surface area contributed by atoms with Crippen LogP contribution >= 0.6 is 27.1 Å². The van der Waals surface area contributed by atoms with Gasteiger partial charge < -0.3 is 41.5 Å². The average Bonchev–Trinajstić information content (AvgIpc) is 3.99. The molecule has 10 atom stereocenters. The smallest absolute Gasteiger partial charge is 0.280 e. The van der Waals surface area contributed by atoms with Crippen LogP contribution in [0, 0.1) is 11.8 Å². The molecule has 0 saturated carbocycles. The molecular formula is C40H62N10O13P2S2Si2-2. The van der Waals surface area contributed by atoms with Crippen LogP contribution in [0.15, 0.2) is 22.2 Å². The van der Waals surface area contributed by atoms with Gasteiger partial charge in [0.15, 0.2) is 45.2 Å². The molecule has 23 nitrogen and oxygen atoms in total. The summed E-state index contributed by atoms with van der Waals surface area (Å²) in [5.74, 6) is -1.89. The molecule has 4 aromatic heterocycles. The Labute approximate surface area is 411 Å². The number of carbonyl (C=O) groups excluding carboxylic acids is 2. The number of anilines is 2. The molecule has 3 fully saturated rings. The van der Waals surface area contributed by atoms with Crippen molar-refractivity contribution in [3.8, 4) is 0 Å². The summed E-state index contributed by atoms with van der Waals surface area (Å²) in [5, 5.41) is 2.92. The molecule has 7 rings (SSSR count). The highest BCUT2D eigenvalue weighted by atomic mass is 32.5. The molecule has 3 aliphatic rings. The van der Waals surface area contributed by atoms with E-state index in [1.165, 1.54) is 29.0 Å². The van der Waals surface area contributed by atoms with Crippen molar-refractivity contribution in [3.05, 3.63) is 33.4 Å². The van der Waals surface area contributed by atoms with Crippen LogP contribution in [0.3, 0.4) is 0 Å². The molecule has 2 unspecified atom stereocenters. The normalized spacial score (nSPS) is 28.7. The van der Waals surface area contributed by atoms with E-state index in [2.05, 4.69) is 61.3 Å². The first-order valence-electron chi connectivity index (χ1n) is 22.5. The topological polar surface area (TPSA) is 296 Å². The van der Waals surface area contributed by atoms with Gasteiger partial charge in [0.2, 0.25) is 23.7 Å². The van der Waals surface area contributed by atoms with Gasteiger partial charge in [-0.1, -0.05) is 81.0 Å². The average molecular weight is 1070 g/mol. The minimum atomic E-state index is -4.56. The fourth-order valence-electron chi connectivity index (χ4n) is 7.15. The Balaban J connectivity index is 1.32. The number of thioether (sulfide) groups is 1. The fraction of sp³-hybridized carbons (Fsp3) is 0.700. The minimum absolute atomic E-state index is 0.00121. The zero-order valence-corrected chi connectivity index (χ0v) is 46.5. The van der Waals surface area contributed by atoms with Crippen LogP contribution in [0.25, 0.3) is 22.3 Å². The summed E-state index contributed by atoms with van der Waals surface area (Å²) in [7, 11) is -8.50. The molecule has 7 heterocycles. The van der Waals surface area contributed by atoms with Gasteiger partial charge in [0.25, 0.3) is 11.1 Å². The number of aromatic nitrogens is 8. The molecule has 0 aromatic carbocycles. The Morgan fingerprint density at radius 3 is 1.86 bits per heavy atom. The van der Waals surface area contributed by atoms with Gasteiger partial charge >= 0.3 is 0 Å². The minimum Gasteiger partial charge on any atom is -0.786 e. The summed E-state index contributed by atoms with van der Waals surface area (Å²) in [6.45, 7) is 21.8. The maximum atomic E-state index is 14.8. The Kier molecular flexibility index (Phi) is 15.5. The number of H-pyrrole nitrogens is 2. The summed E-state index contributed by atoms with van der Waals surface area (Å²) in [6.07, 6.45) is -4.16. The number of fused-ring (bicyclic) bond motifs is 6. The molecule has 0 spiro atoms. The molecule has 3 saturated heterocycles. The van der Waals surface area contributed by atoms with Crippen LogP contribution in [0.4, 0.5) is 11.9 Å². The standard InChI is InChI=1S/C40H63N10O13P2S2Si2/c1-19(2)31(51)45-37-43-29-23(33(53)47-37)41-17-49(29)35-27-25(62-68(11,12)39(5,6)7)21(59-35)15-58-65(56,66)61-28-26(63-69(13,14)40(8,9)10)22(16-57-64(55)60-27)67-36(28)50-18-42-24-30(50)44-38(48-34(24)54)46-32(52)20(3)4/h17-22,25-28,35-36H,15-16H2,1-14H3,(H,56,66)(H2,43,45,47,51,53)(H2,44,46,48,52,54)/q-1/p-1/t21-,22-,25-,26-,27-,28-,35-,36-,64?,65?/m1/s1. The first kappa shape index (κ1) is 53.9. The summed E-state index contributed by atoms with van der Waals surface area (Å²) in [4.78, 5) is 104. The molecule has 0 aliphatic carbocycles. The van der Waals surface area contributed by atoms with Crippen LogP contribution in [0.1, 0.15) is 80.8 Å². The second-order valence-corrected chi connectivity index (χ2v) is 35.5. The maximum Gasteiger partial charge on any atom is 0.280 e. The lowest BCUT2D eigenvalue weighted by Crippen LogP contribution is -2.51. The summed E-state index contributed by atoms with van der Waals surface area (Å²) < 4.78 is 48.8. The van der Waals surface area contributed by atoms with Gasteiger partial charge in [0.05, 0.1) is 45.8 Å². The van der Waals surface area contributed by atoms with E-state index < -0.39 is 115 Å². The van der Waals surface area contributed by atoms with Crippen LogP contribution < -0.4 is 31.5 Å². The van der Waals surface area contributed by atoms with Crippen molar-refractivity contribution in [2.75, 3.05) is 23.8 Å². The molecule has 2 amide bonds. The highest BCUT2D eigenvalue weighted by molar-refractivity contribution is 8.06. The molecule has 4 N–H and O–H groups in total. The zero-order chi connectivity index (χ0) is 50.9.